The highest BCUT2D eigenvalue weighted by atomic mass is 127. The third-order valence-electron chi connectivity index (χ3n) is 4.44. The first-order chi connectivity index (χ1) is 13.7. The van der Waals surface area contributed by atoms with Crippen molar-refractivity contribution in [1.29, 1.82) is 0 Å². The molecule has 29 heavy (non-hydrogen) atoms. The lowest BCUT2D eigenvalue weighted by Gasteiger charge is -2.16. The zero-order chi connectivity index (χ0) is 20.2. The molecular weight excluding hydrogens is 475 g/mol. The number of guanidine groups is 1. The monoisotopic (exact) mass is 508 g/mol. The molecule has 0 saturated heterocycles. The van der Waals surface area contributed by atoms with Crippen molar-refractivity contribution < 1.29 is 4.74 Å². The van der Waals surface area contributed by atoms with Crippen LogP contribution in [0.1, 0.15) is 23.6 Å². The number of halogens is 1. The Bertz CT molecular complexity index is 779. The summed E-state index contributed by atoms with van der Waals surface area (Å²) in [7, 11) is 3.91. The molecule has 0 fully saturated rings. The van der Waals surface area contributed by atoms with Crippen LogP contribution >= 0.6 is 24.0 Å². The second-order valence-electron chi connectivity index (χ2n) is 6.64. The predicted molar refractivity (Wildman–Crippen MR) is 133 cm³/mol. The van der Waals surface area contributed by atoms with E-state index in [0.717, 1.165) is 36.9 Å². The van der Waals surface area contributed by atoms with Crippen molar-refractivity contribution >= 4 is 29.9 Å². The largest absolute Gasteiger partial charge is 0.489 e. The SMILES string of the molecule is C=CCOc1ccccc1CNC(=NC)NCc1cccc(CN(C)CC)c1.I. The maximum absolute atomic E-state index is 5.71. The van der Waals surface area contributed by atoms with E-state index in [4.69, 9.17) is 4.74 Å². The van der Waals surface area contributed by atoms with Crippen molar-refractivity contribution in [2.45, 2.75) is 26.6 Å². The van der Waals surface area contributed by atoms with Gasteiger partial charge in [-0.05, 0) is 30.8 Å². The van der Waals surface area contributed by atoms with Gasteiger partial charge in [-0.25, -0.2) is 0 Å². The van der Waals surface area contributed by atoms with Gasteiger partial charge in [0.05, 0.1) is 0 Å². The highest BCUT2D eigenvalue weighted by molar-refractivity contribution is 14.0. The summed E-state index contributed by atoms with van der Waals surface area (Å²) in [6.45, 7) is 9.71. The average Bonchev–Trinajstić information content (AvgIpc) is 2.73. The molecule has 5 nitrogen and oxygen atoms in total. The molecule has 2 aromatic carbocycles. The van der Waals surface area contributed by atoms with Crippen LogP contribution < -0.4 is 15.4 Å². The minimum Gasteiger partial charge on any atom is -0.489 e. The van der Waals surface area contributed by atoms with Crippen LogP contribution in [-0.2, 0) is 19.6 Å². The van der Waals surface area contributed by atoms with Crippen molar-refractivity contribution in [3.8, 4) is 5.75 Å². The molecule has 0 aliphatic heterocycles. The predicted octanol–water partition coefficient (Wildman–Crippen LogP) is 4.19. The van der Waals surface area contributed by atoms with Crippen LogP contribution in [0.2, 0.25) is 0 Å². The Kier molecular flexibility index (Phi) is 12.1. The number of benzene rings is 2. The summed E-state index contributed by atoms with van der Waals surface area (Å²) in [5, 5.41) is 6.73. The molecule has 0 spiro atoms. The Labute approximate surface area is 192 Å². The van der Waals surface area contributed by atoms with Crippen LogP contribution in [-0.4, -0.2) is 38.1 Å². The molecule has 0 saturated carbocycles. The summed E-state index contributed by atoms with van der Waals surface area (Å²) >= 11 is 0. The first kappa shape index (κ1) is 25.0. The molecule has 0 bridgehead atoms. The highest BCUT2D eigenvalue weighted by Gasteiger charge is 2.05. The minimum atomic E-state index is 0. The van der Waals surface area contributed by atoms with Crippen LogP contribution in [0.3, 0.4) is 0 Å². The molecule has 2 rings (SSSR count). The van der Waals surface area contributed by atoms with E-state index in [2.05, 4.69) is 65.3 Å². The van der Waals surface area contributed by atoms with Gasteiger partial charge in [-0.3, -0.25) is 4.99 Å². The van der Waals surface area contributed by atoms with Gasteiger partial charge in [0.15, 0.2) is 5.96 Å². The molecule has 0 unspecified atom stereocenters. The van der Waals surface area contributed by atoms with Gasteiger partial charge in [-0.15, -0.1) is 24.0 Å². The van der Waals surface area contributed by atoms with Crippen molar-refractivity contribution in [3.05, 3.63) is 77.9 Å². The molecule has 0 aromatic heterocycles. The fraction of sp³-hybridized carbons (Fsp3) is 0.348. The van der Waals surface area contributed by atoms with Crippen molar-refractivity contribution in [2.24, 2.45) is 4.99 Å². The molecule has 0 aliphatic rings. The van der Waals surface area contributed by atoms with E-state index in [9.17, 15) is 0 Å². The zero-order valence-electron chi connectivity index (χ0n) is 17.6. The van der Waals surface area contributed by atoms with Gasteiger partial charge in [0.1, 0.15) is 12.4 Å². The van der Waals surface area contributed by atoms with Crippen LogP contribution in [0.4, 0.5) is 0 Å². The molecule has 0 amide bonds. The second-order valence-corrected chi connectivity index (χ2v) is 6.64. The van der Waals surface area contributed by atoms with Gasteiger partial charge < -0.3 is 20.3 Å². The lowest BCUT2D eigenvalue weighted by Crippen LogP contribution is -2.36. The topological polar surface area (TPSA) is 48.9 Å². The molecule has 0 heterocycles. The summed E-state index contributed by atoms with van der Waals surface area (Å²) in [6.07, 6.45) is 1.75. The first-order valence-electron chi connectivity index (χ1n) is 9.68. The van der Waals surface area contributed by atoms with Gasteiger partial charge in [-0.2, -0.15) is 0 Å². The quantitative estimate of drug-likeness (QED) is 0.219. The number of rotatable bonds is 10. The Balaban J connectivity index is 0.00000420. The van der Waals surface area contributed by atoms with Gasteiger partial charge in [0.25, 0.3) is 0 Å². The molecule has 158 valence electrons. The number of ether oxygens (including phenoxy) is 1. The number of hydrogen-bond donors (Lipinski definition) is 2. The molecule has 0 aliphatic carbocycles. The molecule has 6 heteroatoms. The van der Waals surface area contributed by atoms with Crippen molar-refractivity contribution in [2.75, 3.05) is 27.2 Å². The van der Waals surface area contributed by atoms with Crippen LogP contribution in [0.15, 0.2) is 66.2 Å². The van der Waals surface area contributed by atoms with Gasteiger partial charge in [-0.1, -0.05) is 62.0 Å². The maximum Gasteiger partial charge on any atom is 0.191 e. The summed E-state index contributed by atoms with van der Waals surface area (Å²) in [4.78, 5) is 6.61. The summed E-state index contributed by atoms with van der Waals surface area (Å²) < 4.78 is 5.71. The average molecular weight is 508 g/mol. The van der Waals surface area contributed by atoms with Crippen LogP contribution in [0.25, 0.3) is 0 Å². The smallest absolute Gasteiger partial charge is 0.191 e. The molecule has 2 N–H and O–H groups in total. The Morgan fingerprint density at radius 2 is 1.83 bits per heavy atom. The van der Waals surface area contributed by atoms with Crippen LogP contribution in [0, 0.1) is 0 Å². The first-order valence-corrected chi connectivity index (χ1v) is 9.68. The van der Waals surface area contributed by atoms with Crippen molar-refractivity contribution in [3.63, 3.8) is 0 Å². The van der Waals surface area contributed by atoms with E-state index in [1.54, 1.807) is 13.1 Å². The van der Waals surface area contributed by atoms with E-state index in [-0.39, 0.29) is 24.0 Å². The fourth-order valence-electron chi connectivity index (χ4n) is 2.79. The van der Waals surface area contributed by atoms with Gasteiger partial charge >= 0.3 is 0 Å². The maximum atomic E-state index is 5.71. The Hall–Kier alpha value is -2.06. The normalized spacial score (nSPS) is 11.0. The van der Waals surface area contributed by atoms with E-state index in [1.165, 1.54) is 11.1 Å². The Morgan fingerprint density at radius 1 is 1.10 bits per heavy atom. The van der Waals surface area contributed by atoms with Crippen molar-refractivity contribution in [1.82, 2.24) is 15.5 Å². The number of nitrogens with one attached hydrogen (secondary N) is 2. The lowest BCUT2D eigenvalue weighted by atomic mass is 10.1. The zero-order valence-corrected chi connectivity index (χ0v) is 20.0. The van der Waals surface area contributed by atoms with E-state index >= 15 is 0 Å². The van der Waals surface area contributed by atoms with E-state index in [0.29, 0.717) is 13.2 Å². The lowest BCUT2D eigenvalue weighted by molar-refractivity contribution is 0.345. The molecular formula is C23H33IN4O. The van der Waals surface area contributed by atoms with E-state index < -0.39 is 0 Å². The minimum absolute atomic E-state index is 0. The number of aliphatic imine (C=N–C) groups is 1. The third-order valence-corrected chi connectivity index (χ3v) is 4.44. The summed E-state index contributed by atoms with van der Waals surface area (Å²) in [5.74, 6) is 1.62. The molecule has 0 radical (unpaired) electrons. The summed E-state index contributed by atoms with van der Waals surface area (Å²) in [5.41, 5.74) is 3.64. The standard InChI is InChI=1S/C23H32N4O.HI/c1-5-14-28-22-13-8-7-12-21(22)17-26-23(24-3)25-16-19-10-9-11-20(15-19)18-27(4)6-2;/h5,7-13,15H,1,6,14,16-18H2,2-4H3,(H2,24,25,26);1H. The fourth-order valence-corrected chi connectivity index (χ4v) is 2.79. The second kappa shape index (κ2) is 14.0. The van der Waals surface area contributed by atoms with E-state index in [1.807, 2.05) is 24.3 Å². The van der Waals surface area contributed by atoms with Gasteiger partial charge in [0.2, 0.25) is 0 Å². The summed E-state index contributed by atoms with van der Waals surface area (Å²) in [6, 6.07) is 16.6. The number of nitrogens with zero attached hydrogens (tertiary/aromatic N) is 2. The third kappa shape index (κ3) is 8.87. The van der Waals surface area contributed by atoms with Gasteiger partial charge in [0, 0.05) is 32.2 Å². The number of hydrogen-bond acceptors (Lipinski definition) is 3. The number of para-hydroxylation sites is 1. The molecule has 0 atom stereocenters. The molecule has 2 aromatic rings. The highest BCUT2D eigenvalue weighted by Crippen LogP contribution is 2.17. The van der Waals surface area contributed by atoms with Crippen LogP contribution in [0.5, 0.6) is 5.75 Å². The Morgan fingerprint density at radius 3 is 2.55 bits per heavy atom.